The number of nitriles is 1. The van der Waals surface area contributed by atoms with Crippen LogP contribution in [0, 0.1) is 17.1 Å². The van der Waals surface area contributed by atoms with E-state index in [1.165, 1.54) is 37.1 Å². The SMILES string of the molecule is COc1cc(C2CC(=O)N3CN(c4ccc(F)cc4)CSC3=C2C#N)ccc1O. The number of hydrogen-bond donors (Lipinski definition) is 1. The van der Waals surface area contributed by atoms with Gasteiger partial charge in [-0.15, -0.1) is 0 Å². The highest BCUT2D eigenvalue weighted by atomic mass is 32.2. The lowest BCUT2D eigenvalue weighted by Gasteiger charge is -2.42. The summed E-state index contributed by atoms with van der Waals surface area (Å²) >= 11 is 1.42. The summed E-state index contributed by atoms with van der Waals surface area (Å²) in [6.07, 6.45) is 0.151. The number of amides is 1. The van der Waals surface area contributed by atoms with Crippen LogP contribution in [0.25, 0.3) is 0 Å². The summed E-state index contributed by atoms with van der Waals surface area (Å²) in [7, 11) is 1.46. The number of carbonyl (C=O) groups excluding carboxylic acids is 1. The Bertz CT molecular complexity index is 1030. The highest BCUT2D eigenvalue weighted by Crippen LogP contribution is 2.44. The number of anilines is 1. The number of phenolic OH excluding ortho intramolecular Hbond substituents is 1. The van der Waals surface area contributed by atoms with Crippen molar-refractivity contribution in [2.45, 2.75) is 12.3 Å². The quantitative estimate of drug-likeness (QED) is 0.829. The summed E-state index contributed by atoms with van der Waals surface area (Å²) in [6, 6.07) is 13.3. The maximum absolute atomic E-state index is 13.2. The molecule has 1 N–H and O–H groups in total. The summed E-state index contributed by atoms with van der Waals surface area (Å²) < 4.78 is 18.4. The number of rotatable bonds is 3. The van der Waals surface area contributed by atoms with Crippen LogP contribution in [0.3, 0.4) is 0 Å². The number of carbonyl (C=O) groups is 1. The number of halogens is 1. The van der Waals surface area contributed by atoms with Gasteiger partial charge in [-0.2, -0.15) is 5.26 Å². The number of ether oxygens (including phenoxy) is 1. The molecule has 0 bridgehead atoms. The van der Waals surface area contributed by atoms with Crippen molar-refractivity contribution in [2.24, 2.45) is 0 Å². The maximum atomic E-state index is 13.2. The fourth-order valence-corrected chi connectivity index (χ4v) is 4.74. The molecule has 0 aromatic heterocycles. The van der Waals surface area contributed by atoms with E-state index >= 15 is 0 Å². The average molecular weight is 411 g/mol. The number of allylic oxidation sites excluding steroid dienone is 1. The second-order valence-electron chi connectivity index (χ2n) is 6.77. The molecule has 2 aromatic rings. The molecule has 4 rings (SSSR count). The maximum Gasteiger partial charge on any atom is 0.229 e. The molecule has 1 saturated heterocycles. The number of methoxy groups -OCH3 is 1. The lowest BCUT2D eigenvalue weighted by atomic mass is 9.86. The molecule has 2 aromatic carbocycles. The van der Waals surface area contributed by atoms with Gasteiger partial charge < -0.3 is 14.7 Å². The van der Waals surface area contributed by atoms with E-state index < -0.39 is 5.92 Å². The first-order valence-corrected chi connectivity index (χ1v) is 9.95. The lowest BCUT2D eigenvalue weighted by Crippen LogP contribution is -2.47. The average Bonchev–Trinajstić information content (AvgIpc) is 2.74. The minimum absolute atomic E-state index is 0.00755. The second kappa shape index (κ2) is 7.68. The van der Waals surface area contributed by atoms with Gasteiger partial charge in [0, 0.05) is 18.0 Å². The lowest BCUT2D eigenvalue weighted by molar-refractivity contribution is -0.129. The standard InChI is InChI=1S/C21H18FN3O3S/c1-28-19-8-13(2-7-18(19)26)16-9-20(27)25-11-24(12-29-21(25)17(16)10-23)15-5-3-14(22)4-6-15/h2-8,16,26H,9,11-12H2,1H3. The molecule has 0 saturated carbocycles. The van der Waals surface area contributed by atoms with Crippen molar-refractivity contribution in [3.8, 4) is 17.6 Å². The van der Waals surface area contributed by atoms with Crippen LogP contribution in [-0.2, 0) is 4.79 Å². The van der Waals surface area contributed by atoms with Crippen LogP contribution in [0.1, 0.15) is 17.9 Å². The largest absolute Gasteiger partial charge is 0.504 e. The van der Waals surface area contributed by atoms with Gasteiger partial charge in [-0.1, -0.05) is 17.8 Å². The van der Waals surface area contributed by atoms with E-state index in [4.69, 9.17) is 4.74 Å². The number of thioether (sulfide) groups is 1. The van der Waals surface area contributed by atoms with Crippen LogP contribution >= 0.6 is 11.8 Å². The predicted octanol–water partition coefficient (Wildman–Crippen LogP) is 3.76. The van der Waals surface area contributed by atoms with Gasteiger partial charge in [-0.3, -0.25) is 9.69 Å². The van der Waals surface area contributed by atoms with Crippen LogP contribution < -0.4 is 9.64 Å². The molecule has 0 aliphatic carbocycles. The fourth-order valence-electron chi connectivity index (χ4n) is 3.57. The van der Waals surface area contributed by atoms with E-state index in [-0.39, 0.29) is 23.9 Å². The van der Waals surface area contributed by atoms with E-state index in [0.29, 0.717) is 28.9 Å². The van der Waals surface area contributed by atoms with Gasteiger partial charge in [0.05, 0.1) is 36.3 Å². The Hall–Kier alpha value is -3.18. The Morgan fingerprint density at radius 2 is 2.03 bits per heavy atom. The Balaban J connectivity index is 1.66. The molecule has 2 heterocycles. The molecular formula is C21H18FN3O3S. The first kappa shape index (κ1) is 19.2. The smallest absolute Gasteiger partial charge is 0.229 e. The Kier molecular flexibility index (Phi) is 5.07. The van der Waals surface area contributed by atoms with Gasteiger partial charge in [0.2, 0.25) is 5.91 Å². The zero-order chi connectivity index (χ0) is 20.5. The fraction of sp³-hybridized carbons (Fsp3) is 0.238. The Labute approximate surface area is 171 Å². The number of benzene rings is 2. The highest BCUT2D eigenvalue weighted by molar-refractivity contribution is 8.03. The van der Waals surface area contributed by atoms with Crippen LogP contribution in [0.5, 0.6) is 11.5 Å². The molecule has 1 amide bonds. The van der Waals surface area contributed by atoms with E-state index in [9.17, 15) is 19.6 Å². The normalized spacial score (nSPS) is 19.1. The molecule has 8 heteroatoms. The summed E-state index contributed by atoms with van der Waals surface area (Å²) in [5.74, 6) is 0.0636. The van der Waals surface area contributed by atoms with Gasteiger partial charge in [0.1, 0.15) is 5.82 Å². The van der Waals surface area contributed by atoms with Crippen molar-refractivity contribution in [1.29, 1.82) is 5.26 Å². The van der Waals surface area contributed by atoms with Crippen LogP contribution in [0.4, 0.5) is 10.1 Å². The van der Waals surface area contributed by atoms with Gasteiger partial charge >= 0.3 is 0 Å². The molecule has 1 unspecified atom stereocenters. The summed E-state index contributed by atoms with van der Waals surface area (Å²) in [6.45, 7) is 0.309. The Morgan fingerprint density at radius 3 is 2.72 bits per heavy atom. The molecule has 29 heavy (non-hydrogen) atoms. The third-order valence-electron chi connectivity index (χ3n) is 5.09. The third kappa shape index (κ3) is 3.49. The van der Waals surface area contributed by atoms with Crippen LogP contribution in [-0.4, -0.2) is 35.6 Å². The molecular weight excluding hydrogens is 393 g/mol. The predicted molar refractivity (Wildman–Crippen MR) is 108 cm³/mol. The molecule has 0 radical (unpaired) electrons. The molecule has 6 nitrogen and oxygen atoms in total. The van der Waals surface area contributed by atoms with Gasteiger partial charge in [0.15, 0.2) is 11.5 Å². The number of nitrogens with zero attached hydrogens (tertiary/aromatic N) is 3. The number of fused-ring (bicyclic) bond motifs is 1. The van der Waals surface area contributed by atoms with Gasteiger partial charge in [-0.05, 0) is 42.0 Å². The summed E-state index contributed by atoms with van der Waals surface area (Å²) in [5, 5.41) is 20.3. The summed E-state index contributed by atoms with van der Waals surface area (Å²) in [5.41, 5.74) is 2.09. The van der Waals surface area contributed by atoms with Crippen molar-refractivity contribution in [3.63, 3.8) is 0 Å². The molecule has 0 spiro atoms. The highest BCUT2D eigenvalue weighted by Gasteiger charge is 2.38. The monoisotopic (exact) mass is 411 g/mol. The summed E-state index contributed by atoms with van der Waals surface area (Å²) in [4.78, 5) is 16.5. The van der Waals surface area contributed by atoms with Crippen LogP contribution in [0.2, 0.25) is 0 Å². The van der Waals surface area contributed by atoms with Gasteiger partial charge in [-0.25, -0.2) is 4.39 Å². The van der Waals surface area contributed by atoms with Crippen molar-refractivity contribution in [1.82, 2.24) is 4.90 Å². The Morgan fingerprint density at radius 1 is 1.28 bits per heavy atom. The van der Waals surface area contributed by atoms with Crippen molar-refractivity contribution in [3.05, 3.63) is 64.4 Å². The number of hydrogen-bond acceptors (Lipinski definition) is 6. The number of aromatic hydroxyl groups is 1. The molecule has 2 aliphatic rings. The third-order valence-corrected chi connectivity index (χ3v) is 6.25. The van der Waals surface area contributed by atoms with E-state index in [1.54, 1.807) is 29.2 Å². The first-order chi connectivity index (χ1) is 14.0. The van der Waals surface area contributed by atoms with E-state index in [0.717, 1.165) is 11.3 Å². The van der Waals surface area contributed by atoms with E-state index in [2.05, 4.69) is 6.07 Å². The minimum Gasteiger partial charge on any atom is -0.504 e. The van der Waals surface area contributed by atoms with Crippen LogP contribution in [0.15, 0.2) is 53.1 Å². The molecule has 1 atom stereocenters. The van der Waals surface area contributed by atoms with Gasteiger partial charge in [0.25, 0.3) is 0 Å². The van der Waals surface area contributed by atoms with Crippen molar-refractivity contribution < 1.29 is 19.0 Å². The minimum atomic E-state index is -0.391. The number of phenols is 1. The van der Waals surface area contributed by atoms with Crippen molar-refractivity contribution >= 4 is 23.4 Å². The molecule has 2 aliphatic heterocycles. The van der Waals surface area contributed by atoms with E-state index in [1.807, 2.05) is 4.90 Å². The first-order valence-electron chi connectivity index (χ1n) is 8.96. The molecule has 148 valence electrons. The topological polar surface area (TPSA) is 76.8 Å². The van der Waals surface area contributed by atoms with Crippen molar-refractivity contribution in [2.75, 3.05) is 24.6 Å². The second-order valence-corrected chi connectivity index (χ2v) is 7.71. The zero-order valence-electron chi connectivity index (χ0n) is 15.6. The molecule has 1 fully saturated rings. The zero-order valence-corrected chi connectivity index (χ0v) is 16.4.